The van der Waals surface area contributed by atoms with Crippen LogP contribution in [-0.4, -0.2) is 43.9 Å². The SMILES string of the molecule is COCNC(=O)NC1CCN(Cc2ccccc2)CC1. The lowest BCUT2D eigenvalue weighted by Gasteiger charge is -2.32. The molecule has 1 saturated heterocycles. The quantitative estimate of drug-likeness (QED) is 0.803. The van der Waals surface area contributed by atoms with E-state index in [0.29, 0.717) is 0 Å². The van der Waals surface area contributed by atoms with Gasteiger partial charge in [-0.3, -0.25) is 4.90 Å². The molecule has 0 bridgehead atoms. The largest absolute Gasteiger partial charge is 0.364 e. The van der Waals surface area contributed by atoms with Crippen molar-refractivity contribution >= 4 is 6.03 Å². The molecule has 2 N–H and O–H groups in total. The minimum atomic E-state index is -0.145. The number of carbonyl (C=O) groups is 1. The van der Waals surface area contributed by atoms with Gasteiger partial charge < -0.3 is 15.4 Å². The van der Waals surface area contributed by atoms with Crippen molar-refractivity contribution in [3.8, 4) is 0 Å². The van der Waals surface area contributed by atoms with Crippen molar-refractivity contribution in [1.82, 2.24) is 15.5 Å². The lowest BCUT2D eigenvalue weighted by Crippen LogP contribution is -2.48. The normalized spacial score (nSPS) is 16.9. The summed E-state index contributed by atoms with van der Waals surface area (Å²) < 4.78 is 4.80. The Morgan fingerprint density at radius 2 is 2.00 bits per heavy atom. The number of amides is 2. The molecule has 1 aliphatic heterocycles. The average molecular weight is 277 g/mol. The second-order valence-corrected chi connectivity index (χ2v) is 5.12. The molecule has 1 heterocycles. The zero-order valence-corrected chi connectivity index (χ0v) is 12.0. The number of ether oxygens (including phenoxy) is 1. The minimum Gasteiger partial charge on any atom is -0.364 e. The van der Waals surface area contributed by atoms with E-state index in [1.807, 2.05) is 6.07 Å². The molecule has 5 heteroatoms. The fourth-order valence-electron chi connectivity index (χ4n) is 2.45. The van der Waals surface area contributed by atoms with Gasteiger partial charge in [0.25, 0.3) is 0 Å². The van der Waals surface area contributed by atoms with Gasteiger partial charge in [0.05, 0.1) is 0 Å². The Morgan fingerprint density at radius 3 is 2.65 bits per heavy atom. The van der Waals surface area contributed by atoms with Crippen LogP contribution in [0.25, 0.3) is 0 Å². The highest BCUT2D eigenvalue weighted by molar-refractivity contribution is 5.74. The zero-order chi connectivity index (χ0) is 14.2. The number of nitrogens with one attached hydrogen (secondary N) is 2. The second-order valence-electron chi connectivity index (χ2n) is 5.12. The summed E-state index contributed by atoms with van der Waals surface area (Å²) in [7, 11) is 1.56. The van der Waals surface area contributed by atoms with Crippen molar-refractivity contribution in [2.75, 3.05) is 26.9 Å². The highest BCUT2D eigenvalue weighted by Gasteiger charge is 2.20. The van der Waals surface area contributed by atoms with Crippen LogP contribution in [0.4, 0.5) is 4.79 Å². The van der Waals surface area contributed by atoms with Crippen molar-refractivity contribution in [3.05, 3.63) is 35.9 Å². The third kappa shape index (κ3) is 4.83. The van der Waals surface area contributed by atoms with Crippen LogP contribution in [0.2, 0.25) is 0 Å². The number of nitrogens with zero attached hydrogens (tertiary/aromatic N) is 1. The van der Waals surface area contributed by atoms with Crippen molar-refractivity contribution in [1.29, 1.82) is 0 Å². The van der Waals surface area contributed by atoms with Gasteiger partial charge in [0, 0.05) is 32.8 Å². The predicted molar refractivity (Wildman–Crippen MR) is 78.3 cm³/mol. The Balaban J connectivity index is 1.68. The molecule has 0 unspecified atom stereocenters. The Labute approximate surface area is 120 Å². The van der Waals surface area contributed by atoms with Gasteiger partial charge in [-0.15, -0.1) is 0 Å². The summed E-state index contributed by atoms with van der Waals surface area (Å²) in [5.41, 5.74) is 1.34. The molecule has 0 atom stereocenters. The first kappa shape index (κ1) is 14.8. The average Bonchev–Trinajstić information content (AvgIpc) is 2.48. The summed E-state index contributed by atoms with van der Waals surface area (Å²) >= 11 is 0. The van der Waals surface area contributed by atoms with Crippen LogP contribution < -0.4 is 10.6 Å². The number of likely N-dealkylation sites (tertiary alicyclic amines) is 1. The van der Waals surface area contributed by atoms with Gasteiger partial charge >= 0.3 is 6.03 Å². The molecule has 0 radical (unpaired) electrons. The van der Waals surface area contributed by atoms with Crippen LogP contribution in [0, 0.1) is 0 Å². The molecule has 0 aromatic heterocycles. The Bertz CT molecular complexity index is 403. The second kappa shape index (κ2) is 7.87. The number of methoxy groups -OCH3 is 1. The standard InChI is InChI=1S/C15H23N3O2/c1-20-12-16-15(19)17-14-7-9-18(10-8-14)11-13-5-3-2-4-6-13/h2-6,14H,7-12H2,1H3,(H2,16,17,19). The van der Waals surface area contributed by atoms with Crippen molar-refractivity contribution in [2.24, 2.45) is 0 Å². The van der Waals surface area contributed by atoms with E-state index in [2.05, 4.69) is 39.8 Å². The molecule has 0 saturated carbocycles. The summed E-state index contributed by atoms with van der Waals surface area (Å²) in [6.45, 7) is 3.27. The minimum absolute atomic E-state index is 0.145. The van der Waals surface area contributed by atoms with E-state index in [0.717, 1.165) is 32.5 Å². The van der Waals surface area contributed by atoms with Gasteiger partial charge in [0.15, 0.2) is 0 Å². The summed E-state index contributed by atoms with van der Waals surface area (Å²) in [4.78, 5) is 14.0. The van der Waals surface area contributed by atoms with E-state index in [4.69, 9.17) is 4.74 Å². The Hall–Kier alpha value is -1.59. The maximum atomic E-state index is 11.5. The van der Waals surface area contributed by atoms with E-state index in [1.54, 1.807) is 7.11 Å². The van der Waals surface area contributed by atoms with Crippen LogP contribution in [0.1, 0.15) is 18.4 Å². The van der Waals surface area contributed by atoms with E-state index in [1.165, 1.54) is 5.56 Å². The molecule has 1 aliphatic rings. The molecule has 1 aromatic rings. The van der Waals surface area contributed by atoms with Gasteiger partial charge in [-0.2, -0.15) is 0 Å². The van der Waals surface area contributed by atoms with Crippen LogP contribution in [0.15, 0.2) is 30.3 Å². The predicted octanol–water partition coefficient (Wildman–Crippen LogP) is 1.55. The van der Waals surface area contributed by atoms with Gasteiger partial charge in [-0.25, -0.2) is 4.79 Å². The molecular weight excluding hydrogens is 254 g/mol. The van der Waals surface area contributed by atoms with Crippen molar-refractivity contribution < 1.29 is 9.53 Å². The van der Waals surface area contributed by atoms with Crippen LogP contribution >= 0.6 is 0 Å². The fourth-order valence-corrected chi connectivity index (χ4v) is 2.45. The smallest absolute Gasteiger partial charge is 0.316 e. The molecular formula is C15H23N3O2. The zero-order valence-electron chi connectivity index (χ0n) is 12.0. The molecule has 0 aliphatic carbocycles. The molecule has 5 nitrogen and oxygen atoms in total. The van der Waals surface area contributed by atoms with E-state index >= 15 is 0 Å². The summed E-state index contributed by atoms with van der Waals surface area (Å²) in [5.74, 6) is 0. The molecule has 1 aromatic carbocycles. The Kier molecular flexibility index (Phi) is 5.83. The van der Waals surface area contributed by atoms with Crippen molar-refractivity contribution in [2.45, 2.75) is 25.4 Å². The maximum absolute atomic E-state index is 11.5. The van der Waals surface area contributed by atoms with Crippen LogP contribution in [0.3, 0.4) is 0 Å². The third-order valence-electron chi connectivity index (χ3n) is 3.55. The first-order chi connectivity index (χ1) is 9.78. The number of carbonyl (C=O) groups excluding carboxylic acids is 1. The molecule has 0 spiro atoms. The summed E-state index contributed by atoms with van der Waals surface area (Å²) in [5, 5.41) is 5.63. The number of urea groups is 1. The lowest BCUT2D eigenvalue weighted by molar-refractivity contribution is 0.163. The number of piperidine rings is 1. The van der Waals surface area contributed by atoms with E-state index in [-0.39, 0.29) is 18.8 Å². The van der Waals surface area contributed by atoms with Gasteiger partial charge in [-0.05, 0) is 18.4 Å². The summed E-state index contributed by atoms with van der Waals surface area (Å²) in [6.07, 6.45) is 1.99. The highest BCUT2D eigenvalue weighted by atomic mass is 16.5. The van der Waals surface area contributed by atoms with Crippen LogP contribution in [-0.2, 0) is 11.3 Å². The maximum Gasteiger partial charge on any atom is 0.316 e. The van der Waals surface area contributed by atoms with Gasteiger partial charge in [0.1, 0.15) is 6.73 Å². The lowest BCUT2D eigenvalue weighted by atomic mass is 10.0. The molecule has 110 valence electrons. The summed E-state index contributed by atoms with van der Waals surface area (Å²) in [6, 6.07) is 10.6. The number of benzene rings is 1. The first-order valence-corrected chi connectivity index (χ1v) is 7.07. The number of rotatable bonds is 5. The fraction of sp³-hybridized carbons (Fsp3) is 0.533. The van der Waals surface area contributed by atoms with Crippen molar-refractivity contribution in [3.63, 3.8) is 0 Å². The Morgan fingerprint density at radius 1 is 1.30 bits per heavy atom. The molecule has 2 rings (SSSR count). The van der Waals surface area contributed by atoms with E-state index in [9.17, 15) is 4.79 Å². The number of hydrogen-bond acceptors (Lipinski definition) is 3. The van der Waals surface area contributed by atoms with Gasteiger partial charge in [0.2, 0.25) is 0 Å². The number of hydrogen-bond donors (Lipinski definition) is 2. The molecule has 2 amide bonds. The topological polar surface area (TPSA) is 53.6 Å². The monoisotopic (exact) mass is 277 g/mol. The molecule has 20 heavy (non-hydrogen) atoms. The van der Waals surface area contributed by atoms with Crippen LogP contribution in [0.5, 0.6) is 0 Å². The third-order valence-corrected chi connectivity index (χ3v) is 3.55. The van der Waals surface area contributed by atoms with Gasteiger partial charge in [-0.1, -0.05) is 30.3 Å². The van der Waals surface area contributed by atoms with E-state index < -0.39 is 0 Å². The molecule has 1 fully saturated rings. The first-order valence-electron chi connectivity index (χ1n) is 7.07. The highest BCUT2D eigenvalue weighted by Crippen LogP contribution is 2.13.